The number of fused-ring (bicyclic) bond motifs is 1. The maximum absolute atomic E-state index is 13.3. The molecule has 0 amide bonds. The van der Waals surface area contributed by atoms with E-state index >= 15 is 0 Å². The Morgan fingerprint density at radius 3 is 2.69 bits per heavy atom. The van der Waals surface area contributed by atoms with Crippen molar-refractivity contribution < 1.29 is 13.2 Å². The third-order valence-electron chi connectivity index (χ3n) is 4.14. The van der Waals surface area contributed by atoms with Crippen LogP contribution in [0.5, 0.6) is 0 Å². The molecule has 0 atom stereocenters. The average molecular weight is 357 g/mol. The quantitative estimate of drug-likeness (QED) is 0.759. The standard InChI is InChI=1S/C18H14F3N5/c19-18(20,21)14-5-1-2-6-15(14)25-9-3-4-12(10-25)13-7-8-16-23-17(22)24-26(16)11-13/h1-9,11H,10H2,(H2,22,24). The van der Waals surface area contributed by atoms with Gasteiger partial charge in [0.15, 0.2) is 5.65 Å². The van der Waals surface area contributed by atoms with Gasteiger partial charge in [0.1, 0.15) is 0 Å². The summed E-state index contributed by atoms with van der Waals surface area (Å²) in [5.41, 5.74) is 7.35. The number of rotatable bonds is 2. The fraction of sp³-hybridized carbons (Fsp3) is 0.111. The Kier molecular flexibility index (Phi) is 3.68. The predicted octanol–water partition coefficient (Wildman–Crippen LogP) is 3.75. The number of para-hydroxylation sites is 1. The van der Waals surface area contributed by atoms with Crippen molar-refractivity contribution in [2.75, 3.05) is 17.2 Å². The molecule has 2 aromatic heterocycles. The van der Waals surface area contributed by atoms with Gasteiger partial charge in [-0.05, 0) is 41.5 Å². The topological polar surface area (TPSA) is 59.5 Å². The summed E-state index contributed by atoms with van der Waals surface area (Å²) in [6.07, 6.45) is 2.58. The maximum Gasteiger partial charge on any atom is 0.418 e. The highest BCUT2D eigenvalue weighted by atomic mass is 19.4. The summed E-state index contributed by atoms with van der Waals surface area (Å²) in [5, 5.41) is 4.07. The summed E-state index contributed by atoms with van der Waals surface area (Å²) in [6.45, 7) is 0.305. The van der Waals surface area contributed by atoms with Crippen LogP contribution in [0.1, 0.15) is 11.1 Å². The fourth-order valence-corrected chi connectivity index (χ4v) is 2.96. The number of anilines is 2. The smallest absolute Gasteiger partial charge is 0.366 e. The van der Waals surface area contributed by atoms with E-state index in [1.54, 1.807) is 40.0 Å². The number of nitrogens with two attached hydrogens (primary N) is 1. The van der Waals surface area contributed by atoms with Crippen LogP contribution < -0.4 is 10.6 Å². The molecule has 26 heavy (non-hydrogen) atoms. The molecule has 0 spiro atoms. The first-order chi connectivity index (χ1) is 12.4. The summed E-state index contributed by atoms with van der Waals surface area (Å²) in [7, 11) is 0. The molecule has 0 saturated carbocycles. The van der Waals surface area contributed by atoms with E-state index in [4.69, 9.17) is 5.73 Å². The maximum atomic E-state index is 13.3. The van der Waals surface area contributed by atoms with E-state index < -0.39 is 11.7 Å². The van der Waals surface area contributed by atoms with Gasteiger partial charge in [-0.15, -0.1) is 5.10 Å². The van der Waals surface area contributed by atoms with Crippen LogP contribution >= 0.6 is 0 Å². The largest absolute Gasteiger partial charge is 0.418 e. The van der Waals surface area contributed by atoms with Gasteiger partial charge in [0, 0.05) is 18.9 Å². The first kappa shape index (κ1) is 16.2. The zero-order chi connectivity index (χ0) is 18.3. The van der Waals surface area contributed by atoms with Crippen molar-refractivity contribution in [3.05, 3.63) is 72.1 Å². The first-order valence-electron chi connectivity index (χ1n) is 7.84. The van der Waals surface area contributed by atoms with E-state index in [1.807, 2.05) is 12.1 Å². The molecule has 4 rings (SSSR count). The number of hydrogen-bond acceptors (Lipinski definition) is 4. The molecule has 0 bridgehead atoms. The van der Waals surface area contributed by atoms with Crippen molar-refractivity contribution in [3.63, 3.8) is 0 Å². The van der Waals surface area contributed by atoms with Crippen LogP contribution in [-0.4, -0.2) is 21.1 Å². The zero-order valence-corrected chi connectivity index (χ0v) is 13.5. The lowest BCUT2D eigenvalue weighted by atomic mass is 10.0. The Balaban J connectivity index is 1.68. The van der Waals surface area contributed by atoms with Gasteiger partial charge in [0.2, 0.25) is 5.95 Å². The number of allylic oxidation sites excluding steroid dienone is 2. The molecule has 0 unspecified atom stereocenters. The molecule has 1 aromatic carbocycles. The van der Waals surface area contributed by atoms with Gasteiger partial charge in [0.25, 0.3) is 0 Å². The lowest BCUT2D eigenvalue weighted by molar-refractivity contribution is -0.137. The second-order valence-electron chi connectivity index (χ2n) is 5.87. The molecule has 0 saturated heterocycles. The third kappa shape index (κ3) is 2.90. The fourth-order valence-electron chi connectivity index (χ4n) is 2.96. The highest BCUT2D eigenvalue weighted by Crippen LogP contribution is 2.37. The zero-order valence-electron chi connectivity index (χ0n) is 13.5. The van der Waals surface area contributed by atoms with Gasteiger partial charge in [-0.25, -0.2) is 4.52 Å². The van der Waals surface area contributed by atoms with Gasteiger partial charge in [0.05, 0.1) is 11.3 Å². The molecular weight excluding hydrogens is 343 g/mol. The van der Waals surface area contributed by atoms with Gasteiger partial charge >= 0.3 is 6.18 Å². The molecule has 0 radical (unpaired) electrons. The Morgan fingerprint density at radius 1 is 1.08 bits per heavy atom. The van der Waals surface area contributed by atoms with Crippen molar-refractivity contribution in [1.82, 2.24) is 14.6 Å². The average Bonchev–Trinajstić information content (AvgIpc) is 3.00. The van der Waals surface area contributed by atoms with Gasteiger partial charge < -0.3 is 10.6 Å². The molecule has 3 aromatic rings. The minimum absolute atomic E-state index is 0.118. The number of alkyl halides is 3. The lowest BCUT2D eigenvalue weighted by Gasteiger charge is -2.27. The van der Waals surface area contributed by atoms with E-state index in [-0.39, 0.29) is 11.6 Å². The van der Waals surface area contributed by atoms with Crippen molar-refractivity contribution >= 4 is 22.9 Å². The van der Waals surface area contributed by atoms with E-state index in [9.17, 15) is 13.2 Å². The van der Waals surface area contributed by atoms with E-state index in [0.29, 0.717) is 12.2 Å². The molecule has 3 heterocycles. The minimum atomic E-state index is -4.41. The Hall–Kier alpha value is -3.29. The Labute approximate surface area is 146 Å². The number of benzene rings is 1. The number of aromatic nitrogens is 3. The molecule has 0 aliphatic carbocycles. The molecule has 1 aliphatic rings. The molecular formula is C18H14F3N5. The summed E-state index contributed by atoms with van der Waals surface area (Å²) in [5.74, 6) is 0.167. The van der Waals surface area contributed by atoms with Crippen LogP contribution in [0.25, 0.3) is 11.2 Å². The highest BCUT2D eigenvalue weighted by molar-refractivity contribution is 5.75. The van der Waals surface area contributed by atoms with Crippen LogP contribution in [0.2, 0.25) is 0 Å². The molecule has 1 aliphatic heterocycles. The van der Waals surface area contributed by atoms with E-state index in [0.717, 1.165) is 17.2 Å². The summed E-state index contributed by atoms with van der Waals surface area (Å²) >= 11 is 0. The SMILES string of the molecule is Nc1nc2ccc(C3=CC=CN(c4ccccc4C(F)(F)F)C3)cn2n1. The number of nitrogen functional groups attached to an aromatic ring is 1. The van der Waals surface area contributed by atoms with Crippen molar-refractivity contribution in [2.45, 2.75) is 6.18 Å². The van der Waals surface area contributed by atoms with Crippen molar-refractivity contribution in [1.29, 1.82) is 0 Å². The van der Waals surface area contributed by atoms with Crippen molar-refractivity contribution in [2.24, 2.45) is 0 Å². The number of halogens is 3. The molecule has 132 valence electrons. The lowest BCUT2D eigenvalue weighted by Crippen LogP contribution is -2.24. The number of nitrogens with zero attached hydrogens (tertiary/aromatic N) is 4. The summed E-state index contributed by atoms with van der Waals surface area (Å²) < 4.78 is 41.5. The highest BCUT2D eigenvalue weighted by Gasteiger charge is 2.34. The van der Waals surface area contributed by atoms with Crippen molar-refractivity contribution in [3.8, 4) is 0 Å². The van der Waals surface area contributed by atoms with Gasteiger partial charge in [-0.1, -0.05) is 18.2 Å². The minimum Gasteiger partial charge on any atom is -0.366 e. The molecule has 2 N–H and O–H groups in total. The summed E-state index contributed by atoms with van der Waals surface area (Å²) in [6, 6.07) is 9.16. The first-order valence-corrected chi connectivity index (χ1v) is 7.84. The van der Waals surface area contributed by atoms with Crippen LogP contribution in [0.4, 0.5) is 24.8 Å². The summed E-state index contributed by atoms with van der Waals surface area (Å²) in [4.78, 5) is 5.64. The Bertz CT molecular complexity index is 1030. The van der Waals surface area contributed by atoms with Crippen LogP contribution in [0, 0.1) is 0 Å². The van der Waals surface area contributed by atoms with Crippen LogP contribution in [0.3, 0.4) is 0 Å². The third-order valence-corrected chi connectivity index (χ3v) is 4.14. The van der Waals surface area contributed by atoms with Crippen LogP contribution in [0.15, 0.2) is 60.9 Å². The van der Waals surface area contributed by atoms with E-state index in [1.165, 1.54) is 12.1 Å². The second kappa shape index (κ2) is 5.91. The number of hydrogen-bond donors (Lipinski definition) is 1. The molecule has 5 nitrogen and oxygen atoms in total. The molecule has 8 heteroatoms. The Morgan fingerprint density at radius 2 is 1.88 bits per heavy atom. The number of pyridine rings is 1. The monoisotopic (exact) mass is 357 g/mol. The van der Waals surface area contributed by atoms with Gasteiger partial charge in [-0.2, -0.15) is 18.2 Å². The second-order valence-corrected chi connectivity index (χ2v) is 5.87. The van der Waals surface area contributed by atoms with E-state index in [2.05, 4.69) is 10.1 Å². The van der Waals surface area contributed by atoms with Crippen LogP contribution in [-0.2, 0) is 6.18 Å². The molecule has 0 fully saturated rings. The predicted molar refractivity (Wildman–Crippen MR) is 93.3 cm³/mol. The van der Waals surface area contributed by atoms with Gasteiger partial charge in [-0.3, -0.25) is 0 Å². The normalized spacial score (nSPS) is 14.7.